The van der Waals surface area contributed by atoms with Gasteiger partial charge >= 0.3 is 0 Å². The van der Waals surface area contributed by atoms with Crippen LogP contribution in [0.25, 0.3) is 0 Å². The highest BCUT2D eigenvalue weighted by atomic mass is 79.9. The molecular formula is C14H18BrClFNO2S. The van der Waals surface area contributed by atoms with E-state index in [1.54, 1.807) is 0 Å². The summed E-state index contributed by atoms with van der Waals surface area (Å²) in [4.78, 5) is -0.290. The van der Waals surface area contributed by atoms with Crippen LogP contribution in [0, 0.1) is 11.7 Å². The first-order chi connectivity index (χ1) is 9.86. The normalized spacial score (nSPS) is 21.2. The van der Waals surface area contributed by atoms with Crippen LogP contribution in [0.1, 0.15) is 31.7 Å². The van der Waals surface area contributed by atoms with E-state index >= 15 is 0 Å². The third-order valence-corrected chi connectivity index (χ3v) is 6.46. The monoisotopic (exact) mass is 397 g/mol. The number of alkyl halides is 1. The molecule has 0 aromatic heterocycles. The molecule has 0 radical (unpaired) electrons. The number of rotatable bonds is 3. The molecule has 1 aliphatic heterocycles. The van der Waals surface area contributed by atoms with Gasteiger partial charge in [0.05, 0.1) is 5.88 Å². The van der Waals surface area contributed by atoms with Gasteiger partial charge in [-0.15, -0.1) is 11.6 Å². The van der Waals surface area contributed by atoms with Crippen molar-refractivity contribution in [3.63, 3.8) is 0 Å². The lowest BCUT2D eigenvalue weighted by Gasteiger charge is -2.21. The Bertz CT molecular complexity index is 624. The molecule has 1 aliphatic rings. The first kappa shape index (κ1) is 17.2. The smallest absolute Gasteiger partial charge is 0.207 e. The van der Waals surface area contributed by atoms with Crippen molar-refractivity contribution < 1.29 is 12.8 Å². The van der Waals surface area contributed by atoms with Crippen LogP contribution in [0.4, 0.5) is 4.39 Å². The highest BCUT2D eigenvalue weighted by molar-refractivity contribution is 9.10. The van der Waals surface area contributed by atoms with E-state index in [1.807, 2.05) is 0 Å². The van der Waals surface area contributed by atoms with Gasteiger partial charge in [0.25, 0.3) is 0 Å². The molecule has 1 atom stereocenters. The van der Waals surface area contributed by atoms with E-state index < -0.39 is 15.8 Å². The van der Waals surface area contributed by atoms with E-state index in [0.717, 1.165) is 19.3 Å². The maximum atomic E-state index is 14.4. The van der Waals surface area contributed by atoms with Gasteiger partial charge in [0.2, 0.25) is 10.0 Å². The van der Waals surface area contributed by atoms with Crippen molar-refractivity contribution in [1.82, 2.24) is 4.31 Å². The summed E-state index contributed by atoms with van der Waals surface area (Å²) in [6.07, 6.45) is 2.61. The molecule has 2 rings (SSSR count). The minimum atomic E-state index is -3.82. The van der Waals surface area contributed by atoms with E-state index in [1.165, 1.54) is 16.4 Å². The molecule has 0 aliphatic carbocycles. The zero-order chi connectivity index (χ0) is 15.6. The van der Waals surface area contributed by atoms with Crippen LogP contribution < -0.4 is 0 Å². The minimum absolute atomic E-state index is 0.0647. The van der Waals surface area contributed by atoms with Crippen LogP contribution in [-0.2, 0) is 15.9 Å². The Balaban J connectivity index is 2.42. The summed E-state index contributed by atoms with van der Waals surface area (Å²) in [5.74, 6) is -0.313. The molecule has 7 heteroatoms. The molecule has 1 unspecified atom stereocenters. The lowest BCUT2D eigenvalue weighted by atomic mass is 10.0. The predicted octanol–water partition coefficient (Wildman–Crippen LogP) is 4.14. The zero-order valence-corrected chi connectivity index (χ0v) is 14.9. The molecule has 1 heterocycles. The van der Waals surface area contributed by atoms with Gasteiger partial charge in [-0.25, -0.2) is 12.8 Å². The summed E-state index contributed by atoms with van der Waals surface area (Å²) >= 11 is 8.91. The highest BCUT2D eigenvalue weighted by Gasteiger charge is 2.30. The zero-order valence-electron chi connectivity index (χ0n) is 11.8. The molecule has 21 heavy (non-hydrogen) atoms. The average molecular weight is 399 g/mol. The van der Waals surface area contributed by atoms with Gasteiger partial charge in [-0.05, 0) is 37.3 Å². The maximum absolute atomic E-state index is 14.4. The Morgan fingerprint density at radius 3 is 2.76 bits per heavy atom. The summed E-state index contributed by atoms with van der Waals surface area (Å²) in [5, 5.41) is 0. The molecule has 0 spiro atoms. The van der Waals surface area contributed by atoms with Gasteiger partial charge in [0.15, 0.2) is 0 Å². The van der Waals surface area contributed by atoms with Gasteiger partial charge in [0.1, 0.15) is 10.7 Å². The van der Waals surface area contributed by atoms with Crippen molar-refractivity contribution in [2.75, 3.05) is 13.1 Å². The summed E-state index contributed by atoms with van der Waals surface area (Å²) < 4.78 is 41.7. The van der Waals surface area contributed by atoms with Crippen LogP contribution in [0.3, 0.4) is 0 Å². The summed E-state index contributed by atoms with van der Waals surface area (Å²) in [6, 6.07) is 2.82. The fourth-order valence-electron chi connectivity index (χ4n) is 2.52. The van der Waals surface area contributed by atoms with Crippen molar-refractivity contribution in [2.24, 2.45) is 5.92 Å². The van der Waals surface area contributed by atoms with Crippen LogP contribution in [0.2, 0.25) is 0 Å². The Morgan fingerprint density at radius 1 is 1.38 bits per heavy atom. The largest absolute Gasteiger partial charge is 0.246 e. The fourth-order valence-corrected chi connectivity index (χ4v) is 5.00. The second-order valence-electron chi connectivity index (χ2n) is 5.45. The summed E-state index contributed by atoms with van der Waals surface area (Å²) in [7, 11) is -3.82. The molecule has 1 saturated heterocycles. The van der Waals surface area contributed by atoms with Crippen molar-refractivity contribution in [1.29, 1.82) is 0 Å². The van der Waals surface area contributed by atoms with E-state index in [0.29, 0.717) is 23.5 Å². The highest BCUT2D eigenvalue weighted by Crippen LogP contribution is 2.29. The molecule has 0 N–H and O–H groups in total. The lowest BCUT2D eigenvalue weighted by Crippen LogP contribution is -2.32. The molecule has 0 amide bonds. The topological polar surface area (TPSA) is 37.4 Å². The second kappa shape index (κ2) is 6.94. The minimum Gasteiger partial charge on any atom is -0.207 e. The van der Waals surface area contributed by atoms with E-state index in [-0.39, 0.29) is 16.3 Å². The first-order valence-electron chi connectivity index (χ1n) is 6.90. The second-order valence-corrected chi connectivity index (χ2v) is 8.54. The average Bonchev–Trinajstić information content (AvgIpc) is 2.66. The summed E-state index contributed by atoms with van der Waals surface area (Å²) in [5.41, 5.74) is 0.188. The molecule has 118 valence electrons. The maximum Gasteiger partial charge on any atom is 0.246 e. The number of nitrogens with zero attached hydrogens (tertiary/aromatic N) is 1. The van der Waals surface area contributed by atoms with Crippen molar-refractivity contribution in [2.45, 2.75) is 37.0 Å². The predicted molar refractivity (Wildman–Crippen MR) is 85.4 cm³/mol. The van der Waals surface area contributed by atoms with Gasteiger partial charge in [-0.1, -0.05) is 22.9 Å². The number of hydrogen-bond donors (Lipinski definition) is 0. The summed E-state index contributed by atoms with van der Waals surface area (Å²) in [6.45, 7) is 2.99. The van der Waals surface area contributed by atoms with Gasteiger partial charge in [0, 0.05) is 23.1 Å². The number of hydrogen-bond acceptors (Lipinski definition) is 2. The lowest BCUT2D eigenvalue weighted by molar-refractivity contribution is 0.413. The Hall–Kier alpha value is -0.170. The molecule has 1 fully saturated rings. The number of sulfonamides is 1. The van der Waals surface area contributed by atoms with Crippen molar-refractivity contribution in [3.05, 3.63) is 28.0 Å². The number of benzene rings is 1. The van der Waals surface area contributed by atoms with Crippen LogP contribution >= 0.6 is 27.5 Å². The fraction of sp³-hybridized carbons (Fsp3) is 0.571. The molecule has 0 saturated carbocycles. The van der Waals surface area contributed by atoms with Crippen LogP contribution in [0.5, 0.6) is 0 Å². The van der Waals surface area contributed by atoms with Crippen molar-refractivity contribution >= 4 is 37.6 Å². The Labute approximate surface area is 138 Å². The molecular weight excluding hydrogens is 381 g/mol. The van der Waals surface area contributed by atoms with Gasteiger partial charge < -0.3 is 0 Å². The van der Waals surface area contributed by atoms with E-state index in [9.17, 15) is 12.8 Å². The Morgan fingerprint density at radius 2 is 2.10 bits per heavy atom. The third kappa shape index (κ3) is 3.78. The van der Waals surface area contributed by atoms with Crippen molar-refractivity contribution in [3.8, 4) is 0 Å². The molecule has 0 bridgehead atoms. The quantitative estimate of drug-likeness (QED) is 0.718. The molecule has 1 aromatic carbocycles. The van der Waals surface area contributed by atoms with Gasteiger partial charge in [-0.2, -0.15) is 4.31 Å². The molecule has 1 aromatic rings. The Kier molecular flexibility index (Phi) is 5.68. The SMILES string of the molecule is CC1CCCN(S(=O)(=O)c2cc(Br)cc(CCl)c2F)CC1. The van der Waals surface area contributed by atoms with Crippen LogP contribution in [-0.4, -0.2) is 25.8 Å². The van der Waals surface area contributed by atoms with E-state index in [2.05, 4.69) is 22.9 Å². The van der Waals surface area contributed by atoms with Gasteiger partial charge in [-0.3, -0.25) is 0 Å². The standard InChI is InChI=1S/C14H18BrClFNO2S/c1-10-3-2-5-18(6-4-10)21(19,20)13-8-12(15)7-11(9-16)14(13)17/h7-8,10H,2-6,9H2,1H3. The van der Waals surface area contributed by atoms with Crippen LogP contribution in [0.15, 0.2) is 21.5 Å². The number of halogens is 3. The third-order valence-electron chi connectivity index (χ3n) is 3.82. The first-order valence-corrected chi connectivity index (χ1v) is 9.67. The molecule has 3 nitrogen and oxygen atoms in total. The van der Waals surface area contributed by atoms with E-state index in [4.69, 9.17) is 11.6 Å².